The van der Waals surface area contributed by atoms with Crippen molar-refractivity contribution < 1.29 is 46.1 Å². The number of carbonyl (C=O) groups is 1. The summed E-state index contributed by atoms with van der Waals surface area (Å²) in [4.78, 5) is 17.2. The predicted molar refractivity (Wildman–Crippen MR) is 246 cm³/mol. The number of rotatable bonds is 19. The Hall–Kier alpha value is -6.65. The van der Waals surface area contributed by atoms with Crippen LogP contribution in [-0.2, 0) is 39.7 Å². The topological polar surface area (TPSA) is 255 Å². The van der Waals surface area contributed by atoms with Gasteiger partial charge in [0, 0.05) is 36.9 Å². The Morgan fingerprint density at radius 3 is 1.85 bits per heavy atom. The number of tetrazole rings is 1. The van der Waals surface area contributed by atoms with Crippen LogP contribution in [0.2, 0.25) is 0 Å². The molecule has 5 N–H and O–H groups in total. The highest BCUT2D eigenvalue weighted by molar-refractivity contribution is 7.92. The van der Waals surface area contributed by atoms with Crippen LogP contribution in [0.4, 0.5) is 10.6 Å². The van der Waals surface area contributed by atoms with Gasteiger partial charge in [-0.05, 0) is 109 Å². The molecule has 1 amide bonds. The second-order valence-electron chi connectivity index (χ2n) is 16.3. The van der Waals surface area contributed by atoms with Crippen molar-refractivity contribution in [3.05, 3.63) is 119 Å². The number of aromatic nitrogens is 5. The summed E-state index contributed by atoms with van der Waals surface area (Å²) in [5.41, 5.74) is 7.90. The summed E-state index contributed by atoms with van der Waals surface area (Å²) in [6.45, 7) is 5.06. The average Bonchev–Trinajstić information content (AvgIpc) is 3.76. The van der Waals surface area contributed by atoms with Gasteiger partial charge in [0.1, 0.15) is 32.9 Å². The van der Waals surface area contributed by atoms with Crippen molar-refractivity contribution >= 4 is 32.0 Å². The number of amides is 1. The molecule has 1 atom stereocenters. The molecule has 4 aromatic carbocycles. The van der Waals surface area contributed by atoms with E-state index in [-0.39, 0.29) is 42.4 Å². The van der Waals surface area contributed by atoms with Gasteiger partial charge < -0.3 is 35.1 Å². The monoisotopic (exact) mass is 943 g/mol. The Bertz CT molecular complexity index is 2820. The number of anilines is 1. The second kappa shape index (κ2) is 20.3. The standard InChI is InChI=1S/C45H53N9O10S2/c1-29-22-33(23-47-42(29)46)38-20-21-39(65(58,59)48-24-34(55)28-53(44(56)57)45(2,3)4)41(40(38)43-49-51-54(50-43)27-32-12-18-37(64-7)19-13-32)66(60,61)52(25-30-8-14-35(62-5)15-9-30)26-31-10-16-36(63-6)17-11-31/h8-23,34,48,55H,24-28H2,1-7H3,(H2,46,47)(H,56,57)/t34-/m0/s1. The van der Waals surface area contributed by atoms with Crippen LogP contribution in [0.25, 0.3) is 22.5 Å². The molecule has 0 aliphatic carbocycles. The molecule has 0 radical (unpaired) electrons. The van der Waals surface area contributed by atoms with Crippen molar-refractivity contribution in [1.82, 2.24) is 39.1 Å². The maximum Gasteiger partial charge on any atom is 0.407 e. The SMILES string of the molecule is COc1ccc(CN(Cc2ccc(OC)cc2)S(=O)(=O)c2c(S(=O)(=O)NC[C@H](O)CN(C(=O)O)C(C)(C)C)ccc(-c3cnc(N)c(C)c3)c2-c2nnn(Cc3ccc(OC)cc3)n2)cc1. The molecule has 0 saturated heterocycles. The van der Waals surface area contributed by atoms with Crippen molar-refractivity contribution in [2.24, 2.45) is 0 Å². The zero-order valence-electron chi connectivity index (χ0n) is 37.5. The number of hydrogen-bond acceptors (Lipinski definition) is 14. The number of pyridine rings is 1. The highest BCUT2D eigenvalue weighted by Gasteiger charge is 2.38. The van der Waals surface area contributed by atoms with E-state index in [1.54, 1.807) is 114 Å². The van der Waals surface area contributed by atoms with Gasteiger partial charge in [-0.3, -0.25) is 0 Å². The number of ether oxygens (including phenoxy) is 3. The van der Waals surface area contributed by atoms with Crippen molar-refractivity contribution in [3.63, 3.8) is 0 Å². The van der Waals surface area contributed by atoms with Crippen molar-refractivity contribution in [2.75, 3.05) is 40.2 Å². The van der Waals surface area contributed by atoms with Gasteiger partial charge in [-0.2, -0.15) is 9.10 Å². The minimum absolute atomic E-state index is 0.0946. The van der Waals surface area contributed by atoms with Gasteiger partial charge >= 0.3 is 6.09 Å². The van der Waals surface area contributed by atoms with E-state index < -0.39 is 60.7 Å². The third kappa shape index (κ3) is 11.4. The zero-order chi connectivity index (χ0) is 48.0. The molecule has 0 spiro atoms. The molecule has 6 rings (SSSR count). The first-order chi connectivity index (χ1) is 31.2. The number of nitrogens with one attached hydrogen (secondary N) is 1. The maximum absolute atomic E-state index is 15.9. The first-order valence-corrected chi connectivity index (χ1v) is 23.4. The van der Waals surface area contributed by atoms with Gasteiger partial charge in [-0.25, -0.2) is 31.3 Å². The van der Waals surface area contributed by atoms with E-state index in [1.807, 2.05) is 0 Å². The minimum atomic E-state index is -4.99. The largest absolute Gasteiger partial charge is 0.497 e. The van der Waals surface area contributed by atoms with Crippen LogP contribution in [0.3, 0.4) is 0 Å². The molecule has 2 aromatic heterocycles. The van der Waals surface area contributed by atoms with Crippen LogP contribution in [0, 0.1) is 6.92 Å². The van der Waals surface area contributed by atoms with Crippen molar-refractivity contribution in [1.29, 1.82) is 0 Å². The molecular formula is C45H53N9O10S2. The molecule has 21 heteroatoms. The van der Waals surface area contributed by atoms with E-state index in [0.29, 0.717) is 39.5 Å². The summed E-state index contributed by atoms with van der Waals surface area (Å²) in [6.07, 6.45) is -1.44. The summed E-state index contributed by atoms with van der Waals surface area (Å²) in [6, 6.07) is 24.8. The number of aryl methyl sites for hydroxylation is 1. The fraction of sp³-hybridized carbons (Fsp3) is 0.311. The highest BCUT2D eigenvalue weighted by Crippen LogP contribution is 2.42. The quantitative estimate of drug-likeness (QED) is 0.0817. The number of hydrogen-bond donors (Lipinski definition) is 4. The average molecular weight is 944 g/mol. The lowest BCUT2D eigenvalue weighted by molar-refractivity contribution is 0.0577. The lowest BCUT2D eigenvalue weighted by Crippen LogP contribution is -2.50. The van der Waals surface area contributed by atoms with Gasteiger partial charge in [-0.1, -0.05) is 42.5 Å². The third-order valence-corrected chi connectivity index (χ3v) is 14.1. The number of β-amino-alcohol motifs (C(OH)–C–C–N with tert-alkyl or cyclic N) is 1. The van der Waals surface area contributed by atoms with Crippen LogP contribution in [0.5, 0.6) is 17.2 Å². The Balaban J connectivity index is 1.60. The molecule has 6 aromatic rings. The summed E-state index contributed by atoms with van der Waals surface area (Å²) < 4.78 is 80.8. The van der Waals surface area contributed by atoms with E-state index in [1.165, 1.54) is 31.3 Å². The molecule has 0 aliphatic heterocycles. The number of methoxy groups -OCH3 is 3. The second-order valence-corrected chi connectivity index (χ2v) is 19.9. The van der Waals surface area contributed by atoms with Crippen LogP contribution >= 0.6 is 0 Å². The number of nitrogens with two attached hydrogens (primary N) is 1. The Morgan fingerprint density at radius 2 is 1.36 bits per heavy atom. The summed E-state index contributed by atoms with van der Waals surface area (Å²) in [5.74, 6) is 1.67. The number of carboxylic acid groups (broad SMARTS) is 1. The molecule has 350 valence electrons. The van der Waals surface area contributed by atoms with E-state index in [2.05, 4.69) is 25.1 Å². The Morgan fingerprint density at radius 1 is 0.833 bits per heavy atom. The summed E-state index contributed by atoms with van der Waals surface area (Å²) in [7, 11) is -5.33. The predicted octanol–water partition coefficient (Wildman–Crippen LogP) is 5.18. The van der Waals surface area contributed by atoms with Crippen molar-refractivity contribution in [3.8, 4) is 39.8 Å². The van der Waals surface area contributed by atoms with Crippen LogP contribution < -0.4 is 24.7 Å². The molecule has 0 aliphatic rings. The van der Waals surface area contributed by atoms with Crippen LogP contribution in [-0.4, -0.2) is 114 Å². The summed E-state index contributed by atoms with van der Waals surface area (Å²) in [5, 5.41) is 34.2. The maximum atomic E-state index is 15.9. The van der Waals surface area contributed by atoms with E-state index in [4.69, 9.17) is 19.9 Å². The molecule has 0 saturated carbocycles. The van der Waals surface area contributed by atoms with Crippen molar-refractivity contribution in [2.45, 2.75) is 68.8 Å². The smallest absolute Gasteiger partial charge is 0.407 e. The van der Waals surface area contributed by atoms with Gasteiger partial charge in [-0.15, -0.1) is 10.2 Å². The zero-order valence-corrected chi connectivity index (χ0v) is 39.2. The highest BCUT2D eigenvalue weighted by atomic mass is 32.2. The third-order valence-electron chi connectivity index (χ3n) is 10.6. The lowest BCUT2D eigenvalue weighted by atomic mass is 9.99. The normalized spacial score (nSPS) is 12.5. The number of aliphatic hydroxyl groups is 1. The molecule has 0 fully saturated rings. The molecule has 66 heavy (non-hydrogen) atoms. The number of nitrogens with zero attached hydrogens (tertiary/aromatic N) is 7. The van der Waals surface area contributed by atoms with E-state index in [0.717, 1.165) is 20.8 Å². The fourth-order valence-electron chi connectivity index (χ4n) is 6.95. The molecule has 0 unspecified atom stereocenters. The molecule has 0 bridgehead atoms. The summed E-state index contributed by atoms with van der Waals surface area (Å²) >= 11 is 0. The van der Waals surface area contributed by atoms with Gasteiger partial charge in [0.05, 0.1) is 46.1 Å². The van der Waals surface area contributed by atoms with Gasteiger partial charge in [0.2, 0.25) is 25.9 Å². The van der Waals surface area contributed by atoms with E-state index in [9.17, 15) is 23.4 Å². The molecule has 2 heterocycles. The van der Waals surface area contributed by atoms with Crippen LogP contribution in [0.15, 0.2) is 107 Å². The fourth-order valence-corrected chi connectivity index (χ4v) is 10.4. The van der Waals surface area contributed by atoms with Gasteiger partial charge in [0.25, 0.3) is 0 Å². The Labute approximate surface area is 383 Å². The number of benzene rings is 4. The van der Waals surface area contributed by atoms with E-state index >= 15 is 8.42 Å². The first-order valence-electron chi connectivity index (χ1n) is 20.5. The first kappa shape index (κ1) is 48.8. The molecule has 19 nitrogen and oxygen atoms in total. The van der Waals surface area contributed by atoms with Crippen LogP contribution in [0.1, 0.15) is 43.0 Å². The number of nitrogen functional groups attached to an aromatic ring is 1. The number of aliphatic hydroxyl groups excluding tert-OH is 1. The number of sulfonamides is 2. The minimum Gasteiger partial charge on any atom is -0.497 e. The Kier molecular flexibility index (Phi) is 15.0. The van der Waals surface area contributed by atoms with Gasteiger partial charge in [0.15, 0.2) is 0 Å². The lowest BCUT2D eigenvalue weighted by Gasteiger charge is -2.34. The molecular weight excluding hydrogens is 891 g/mol.